The van der Waals surface area contributed by atoms with Gasteiger partial charge in [-0.15, -0.1) is 0 Å². The molecule has 0 spiro atoms. The molecule has 0 saturated heterocycles. The zero-order chi connectivity index (χ0) is 10.6. The number of anilines is 1. The van der Waals surface area contributed by atoms with Crippen LogP contribution < -0.4 is 5.32 Å². The summed E-state index contributed by atoms with van der Waals surface area (Å²) in [5.74, 6) is 0. The van der Waals surface area contributed by atoms with Crippen LogP contribution in [0.3, 0.4) is 0 Å². The molecule has 1 heterocycles. The van der Waals surface area contributed by atoms with Crippen molar-refractivity contribution >= 4 is 11.8 Å². The fourth-order valence-electron chi connectivity index (χ4n) is 1.15. The maximum atomic E-state index is 10.4. The first-order chi connectivity index (χ1) is 6.59. The molecule has 3 N–H and O–H groups in total. The third-order valence-electron chi connectivity index (χ3n) is 1.66. The molecule has 0 aliphatic rings. The van der Waals surface area contributed by atoms with Gasteiger partial charge in [0.15, 0.2) is 0 Å². The predicted molar refractivity (Wildman–Crippen MR) is 51.3 cm³/mol. The maximum absolute atomic E-state index is 10.4. The van der Waals surface area contributed by atoms with Crippen LogP contribution in [-0.2, 0) is 6.42 Å². The van der Waals surface area contributed by atoms with Crippen molar-refractivity contribution in [2.24, 2.45) is 0 Å². The molecule has 0 aliphatic heterocycles. The fraction of sp³-hybridized carbons (Fsp3) is 0.333. The SMILES string of the molecule is CC(O)Cc1cnccc1NC(=O)O. The van der Waals surface area contributed by atoms with Crippen LogP contribution in [-0.4, -0.2) is 27.4 Å². The normalized spacial score (nSPS) is 12.1. The van der Waals surface area contributed by atoms with Crippen molar-refractivity contribution in [3.8, 4) is 0 Å². The molecule has 0 aliphatic carbocycles. The highest BCUT2D eigenvalue weighted by molar-refractivity contribution is 5.83. The molecule has 1 atom stereocenters. The van der Waals surface area contributed by atoms with Crippen molar-refractivity contribution < 1.29 is 15.0 Å². The number of aromatic nitrogens is 1. The van der Waals surface area contributed by atoms with Crippen LogP contribution >= 0.6 is 0 Å². The minimum absolute atomic E-state index is 0.378. The van der Waals surface area contributed by atoms with E-state index < -0.39 is 12.2 Å². The summed E-state index contributed by atoms with van der Waals surface area (Å²) < 4.78 is 0. The Bertz CT molecular complexity index is 326. The van der Waals surface area contributed by atoms with Gasteiger partial charge in [0.25, 0.3) is 0 Å². The molecular formula is C9H12N2O3. The van der Waals surface area contributed by atoms with Crippen molar-refractivity contribution in [1.82, 2.24) is 4.98 Å². The third kappa shape index (κ3) is 3.02. The summed E-state index contributed by atoms with van der Waals surface area (Å²) in [6, 6.07) is 1.56. The topological polar surface area (TPSA) is 82.5 Å². The van der Waals surface area contributed by atoms with Crippen molar-refractivity contribution in [2.45, 2.75) is 19.4 Å². The van der Waals surface area contributed by atoms with Gasteiger partial charge in [-0.3, -0.25) is 10.3 Å². The molecule has 5 heteroatoms. The van der Waals surface area contributed by atoms with E-state index in [0.29, 0.717) is 17.7 Å². The average molecular weight is 196 g/mol. The van der Waals surface area contributed by atoms with Crippen molar-refractivity contribution in [3.63, 3.8) is 0 Å². The lowest BCUT2D eigenvalue weighted by Crippen LogP contribution is -2.12. The van der Waals surface area contributed by atoms with Crippen LogP contribution in [0.4, 0.5) is 10.5 Å². The number of nitrogens with zero attached hydrogens (tertiary/aromatic N) is 1. The lowest BCUT2D eigenvalue weighted by Gasteiger charge is -2.09. The first-order valence-corrected chi connectivity index (χ1v) is 4.20. The van der Waals surface area contributed by atoms with Gasteiger partial charge in [0.2, 0.25) is 0 Å². The maximum Gasteiger partial charge on any atom is 0.409 e. The van der Waals surface area contributed by atoms with Crippen molar-refractivity contribution in [2.75, 3.05) is 5.32 Å². The second kappa shape index (κ2) is 4.57. The van der Waals surface area contributed by atoms with Gasteiger partial charge in [0.05, 0.1) is 11.8 Å². The Balaban J connectivity index is 2.85. The van der Waals surface area contributed by atoms with E-state index in [-0.39, 0.29) is 0 Å². The Hall–Kier alpha value is -1.62. The largest absolute Gasteiger partial charge is 0.465 e. The highest BCUT2D eigenvalue weighted by Gasteiger charge is 2.07. The molecule has 1 rings (SSSR count). The number of nitrogens with one attached hydrogen (secondary N) is 1. The number of aliphatic hydroxyl groups is 1. The van der Waals surface area contributed by atoms with Crippen LogP contribution in [0.2, 0.25) is 0 Å². The molecule has 1 aromatic heterocycles. The fourth-order valence-corrected chi connectivity index (χ4v) is 1.15. The average Bonchev–Trinajstić information content (AvgIpc) is 2.06. The smallest absolute Gasteiger partial charge is 0.409 e. The second-order valence-electron chi connectivity index (χ2n) is 3.02. The summed E-state index contributed by atoms with van der Waals surface area (Å²) in [7, 11) is 0. The van der Waals surface area contributed by atoms with E-state index in [9.17, 15) is 4.79 Å². The molecule has 0 saturated carbocycles. The Morgan fingerprint density at radius 3 is 3.00 bits per heavy atom. The summed E-state index contributed by atoms with van der Waals surface area (Å²) in [5.41, 5.74) is 1.15. The lowest BCUT2D eigenvalue weighted by molar-refractivity contribution is 0.195. The number of pyridine rings is 1. The minimum Gasteiger partial charge on any atom is -0.465 e. The Kier molecular flexibility index (Phi) is 3.41. The monoisotopic (exact) mass is 196 g/mol. The number of carbonyl (C=O) groups is 1. The van der Waals surface area contributed by atoms with E-state index in [0.717, 1.165) is 0 Å². The Labute approximate surface area is 81.4 Å². The van der Waals surface area contributed by atoms with E-state index >= 15 is 0 Å². The summed E-state index contributed by atoms with van der Waals surface area (Å²) in [6.45, 7) is 1.64. The van der Waals surface area contributed by atoms with Crippen LogP contribution in [0.25, 0.3) is 0 Å². The van der Waals surface area contributed by atoms with Gasteiger partial charge < -0.3 is 10.2 Å². The van der Waals surface area contributed by atoms with Crippen LogP contribution in [0.1, 0.15) is 12.5 Å². The molecule has 0 bridgehead atoms. The van der Waals surface area contributed by atoms with E-state index in [4.69, 9.17) is 10.2 Å². The lowest BCUT2D eigenvalue weighted by atomic mass is 10.1. The Morgan fingerprint density at radius 1 is 1.71 bits per heavy atom. The molecule has 76 valence electrons. The minimum atomic E-state index is -1.12. The molecule has 1 unspecified atom stereocenters. The van der Waals surface area contributed by atoms with Crippen LogP contribution in [0, 0.1) is 0 Å². The van der Waals surface area contributed by atoms with E-state index in [1.807, 2.05) is 0 Å². The number of hydrogen-bond acceptors (Lipinski definition) is 3. The molecule has 1 amide bonds. The van der Waals surface area contributed by atoms with Gasteiger partial charge in [0.1, 0.15) is 0 Å². The Morgan fingerprint density at radius 2 is 2.43 bits per heavy atom. The first-order valence-electron chi connectivity index (χ1n) is 4.20. The number of carboxylic acid groups (broad SMARTS) is 1. The molecule has 14 heavy (non-hydrogen) atoms. The summed E-state index contributed by atoms with van der Waals surface area (Å²) in [5, 5.41) is 19.9. The van der Waals surface area contributed by atoms with Crippen molar-refractivity contribution in [3.05, 3.63) is 24.0 Å². The number of rotatable bonds is 3. The molecule has 0 radical (unpaired) electrons. The van der Waals surface area contributed by atoms with Gasteiger partial charge in [-0.1, -0.05) is 0 Å². The molecule has 0 aromatic carbocycles. The number of hydrogen-bond donors (Lipinski definition) is 3. The van der Waals surface area contributed by atoms with E-state index in [1.54, 1.807) is 13.0 Å². The molecule has 5 nitrogen and oxygen atoms in total. The zero-order valence-corrected chi connectivity index (χ0v) is 7.77. The molecule has 0 fully saturated rings. The summed E-state index contributed by atoms with van der Waals surface area (Å²) in [4.78, 5) is 14.3. The van der Waals surface area contributed by atoms with E-state index in [1.165, 1.54) is 12.4 Å². The standard InChI is InChI=1S/C9H12N2O3/c1-6(12)4-7-5-10-3-2-8(7)11-9(13)14/h2-3,5-6,12H,4H2,1H3,(H,10,11)(H,13,14). The summed E-state index contributed by atoms with van der Waals surface area (Å²) >= 11 is 0. The highest BCUT2D eigenvalue weighted by Crippen LogP contribution is 2.15. The summed E-state index contributed by atoms with van der Waals surface area (Å²) in [6.07, 6.45) is 1.77. The third-order valence-corrected chi connectivity index (χ3v) is 1.66. The van der Waals surface area contributed by atoms with Gasteiger partial charge in [-0.2, -0.15) is 0 Å². The van der Waals surface area contributed by atoms with Crippen molar-refractivity contribution in [1.29, 1.82) is 0 Å². The number of aliphatic hydroxyl groups excluding tert-OH is 1. The van der Waals surface area contributed by atoms with Gasteiger partial charge in [0, 0.05) is 18.8 Å². The second-order valence-corrected chi connectivity index (χ2v) is 3.02. The first kappa shape index (κ1) is 10.5. The van der Waals surface area contributed by atoms with Gasteiger partial charge in [-0.25, -0.2) is 4.79 Å². The van der Waals surface area contributed by atoms with Crippen LogP contribution in [0.15, 0.2) is 18.5 Å². The highest BCUT2D eigenvalue weighted by atomic mass is 16.4. The molecular weight excluding hydrogens is 184 g/mol. The van der Waals surface area contributed by atoms with Gasteiger partial charge in [-0.05, 0) is 18.6 Å². The number of amides is 1. The quantitative estimate of drug-likeness (QED) is 0.675. The predicted octanol–water partition coefficient (Wildman–Crippen LogP) is 1.09. The van der Waals surface area contributed by atoms with Gasteiger partial charge >= 0.3 is 6.09 Å². The molecule has 1 aromatic rings. The van der Waals surface area contributed by atoms with E-state index in [2.05, 4.69) is 10.3 Å². The van der Waals surface area contributed by atoms with Crippen LogP contribution in [0.5, 0.6) is 0 Å². The zero-order valence-electron chi connectivity index (χ0n) is 7.77.